The van der Waals surface area contributed by atoms with Gasteiger partial charge in [0.05, 0.1) is 29.0 Å². The molecule has 0 bridgehead atoms. The van der Waals surface area contributed by atoms with Gasteiger partial charge in [-0.05, 0) is 43.5 Å². The van der Waals surface area contributed by atoms with Crippen LogP contribution in [0.2, 0.25) is 0 Å². The number of fused-ring (bicyclic) bond motifs is 1. The SMILES string of the molecule is c1cc(OCC2CCCCO2)cc(-c2cnc3ccccc3n2)c1. The van der Waals surface area contributed by atoms with Gasteiger partial charge in [-0.15, -0.1) is 0 Å². The average Bonchev–Trinajstić information content (AvgIpc) is 2.67. The van der Waals surface area contributed by atoms with E-state index in [1.807, 2.05) is 54.7 Å². The van der Waals surface area contributed by atoms with Crippen molar-refractivity contribution in [3.63, 3.8) is 0 Å². The number of hydrogen-bond acceptors (Lipinski definition) is 4. The van der Waals surface area contributed by atoms with E-state index in [2.05, 4.69) is 4.98 Å². The lowest BCUT2D eigenvalue weighted by Crippen LogP contribution is -2.25. The molecule has 1 unspecified atom stereocenters. The minimum atomic E-state index is 0.211. The zero-order valence-corrected chi connectivity index (χ0v) is 13.5. The van der Waals surface area contributed by atoms with E-state index < -0.39 is 0 Å². The second-order valence-electron chi connectivity index (χ2n) is 6.07. The molecule has 1 atom stereocenters. The third-order valence-corrected chi connectivity index (χ3v) is 4.29. The standard InChI is InChI=1S/C20H20N2O2/c1-2-10-19-18(9-1)21-13-20(22-19)15-6-5-8-16(12-15)24-14-17-7-3-4-11-23-17/h1-2,5-6,8-10,12-13,17H,3-4,7,11,14H2. The molecule has 0 amide bonds. The second kappa shape index (κ2) is 6.97. The van der Waals surface area contributed by atoms with Crippen molar-refractivity contribution in [1.82, 2.24) is 9.97 Å². The first-order valence-electron chi connectivity index (χ1n) is 8.45. The summed E-state index contributed by atoms with van der Waals surface area (Å²) < 4.78 is 11.6. The van der Waals surface area contributed by atoms with Crippen LogP contribution < -0.4 is 4.74 Å². The van der Waals surface area contributed by atoms with Gasteiger partial charge in [-0.25, -0.2) is 4.98 Å². The van der Waals surface area contributed by atoms with E-state index in [1.54, 1.807) is 0 Å². The predicted octanol–water partition coefficient (Wildman–Crippen LogP) is 4.24. The molecule has 3 aromatic rings. The molecule has 0 spiro atoms. The van der Waals surface area contributed by atoms with Gasteiger partial charge in [-0.1, -0.05) is 24.3 Å². The van der Waals surface area contributed by atoms with Crippen LogP contribution in [0.25, 0.3) is 22.3 Å². The van der Waals surface area contributed by atoms with Gasteiger partial charge >= 0.3 is 0 Å². The number of nitrogens with zero attached hydrogens (tertiary/aromatic N) is 2. The fraction of sp³-hybridized carbons (Fsp3) is 0.300. The maximum Gasteiger partial charge on any atom is 0.120 e. The van der Waals surface area contributed by atoms with Gasteiger partial charge in [0.1, 0.15) is 12.4 Å². The summed E-state index contributed by atoms with van der Waals surface area (Å²) >= 11 is 0. The molecule has 1 fully saturated rings. The van der Waals surface area contributed by atoms with Gasteiger partial charge in [-0.2, -0.15) is 0 Å². The van der Waals surface area contributed by atoms with E-state index >= 15 is 0 Å². The van der Waals surface area contributed by atoms with Gasteiger partial charge in [0.15, 0.2) is 0 Å². The van der Waals surface area contributed by atoms with Crippen LogP contribution in [-0.4, -0.2) is 29.3 Å². The topological polar surface area (TPSA) is 44.2 Å². The van der Waals surface area contributed by atoms with Gasteiger partial charge in [0.2, 0.25) is 0 Å². The Hall–Kier alpha value is -2.46. The highest BCUT2D eigenvalue weighted by Crippen LogP contribution is 2.24. The smallest absolute Gasteiger partial charge is 0.120 e. The monoisotopic (exact) mass is 320 g/mol. The fourth-order valence-electron chi connectivity index (χ4n) is 2.97. The molecule has 122 valence electrons. The Bertz CT molecular complexity index is 828. The summed E-state index contributed by atoms with van der Waals surface area (Å²) in [6, 6.07) is 15.9. The van der Waals surface area contributed by atoms with Gasteiger partial charge in [-0.3, -0.25) is 4.98 Å². The van der Waals surface area contributed by atoms with Crippen molar-refractivity contribution in [2.24, 2.45) is 0 Å². The van der Waals surface area contributed by atoms with E-state index in [1.165, 1.54) is 6.42 Å². The average molecular weight is 320 g/mol. The lowest BCUT2D eigenvalue weighted by Gasteiger charge is -2.22. The van der Waals surface area contributed by atoms with E-state index in [4.69, 9.17) is 14.5 Å². The van der Waals surface area contributed by atoms with Crippen LogP contribution in [0.3, 0.4) is 0 Å². The highest BCUT2D eigenvalue weighted by molar-refractivity contribution is 5.77. The summed E-state index contributed by atoms with van der Waals surface area (Å²) in [5.74, 6) is 0.844. The van der Waals surface area contributed by atoms with Gasteiger partial charge < -0.3 is 9.47 Å². The summed E-state index contributed by atoms with van der Waals surface area (Å²) in [4.78, 5) is 9.18. The molecule has 2 heterocycles. The lowest BCUT2D eigenvalue weighted by atomic mass is 10.1. The number of rotatable bonds is 4. The van der Waals surface area contributed by atoms with Crippen LogP contribution in [0.1, 0.15) is 19.3 Å². The fourth-order valence-corrected chi connectivity index (χ4v) is 2.97. The summed E-state index contributed by atoms with van der Waals surface area (Å²) in [7, 11) is 0. The predicted molar refractivity (Wildman–Crippen MR) is 94.1 cm³/mol. The molecule has 1 aromatic heterocycles. The molecule has 4 rings (SSSR count). The molecule has 4 heteroatoms. The molecule has 0 N–H and O–H groups in total. The van der Waals surface area contributed by atoms with Crippen molar-refractivity contribution in [2.75, 3.05) is 13.2 Å². The number of benzene rings is 2. The van der Waals surface area contributed by atoms with Crippen molar-refractivity contribution in [3.05, 3.63) is 54.7 Å². The Labute approximate surface area is 141 Å². The van der Waals surface area contributed by atoms with Crippen molar-refractivity contribution < 1.29 is 9.47 Å². The normalized spacial score (nSPS) is 17.8. The number of aromatic nitrogens is 2. The summed E-state index contributed by atoms with van der Waals surface area (Å²) in [6.07, 6.45) is 5.48. The number of ether oxygens (including phenoxy) is 2. The summed E-state index contributed by atoms with van der Waals surface area (Å²) in [6.45, 7) is 1.45. The summed E-state index contributed by atoms with van der Waals surface area (Å²) in [5.41, 5.74) is 3.67. The highest BCUT2D eigenvalue weighted by atomic mass is 16.5. The van der Waals surface area contributed by atoms with E-state index in [-0.39, 0.29) is 6.10 Å². The molecule has 1 aliphatic heterocycles. The molecule has 1 saturated heterocycles. The first kappa shape index (κ1) is 15.1. The quantitative estimate of drug-likeness (QED) is 0.721. The van der Waals surface area contributed by atoms with E-state index in [0.29, 0.717) is 6.61 Å². The molecule has 0 aliphatic carbocycles. The Balaban J connectivity index is 1.52. The Morgan fingerprint density at radius 1 is 1.04 bits per heavy atom. The molecule has 24 heavy (non-hydrogen) atoms. The van der Waals surface area contributed by atoms with E-state index in [9.17, 15) is 0 Å². The Morgan fingerprint density at radius 3 is 2.83 bits per heavy atom. The first-order chi connectivity index (χ1) is 11.9. The van der Waals surface area contributed by atoms with Gasteiger partial charge in [0, 0.05) is 12.2 Å². The Morgan fingerprint density at radius 2 is 1.96 bits per heavy atom. The molecular weight excluding hydrogens is 300 g/mol. The maximum absolute atomic E-state index is 5.92. The molecule has 4 nitrogen and oxygen atoms in total. The molecule has 1 aliphatic rings. The number of hydrogen-bond donors (Lipinski definition) is 0. The van der Waals surface area contributed by atoms with Gasteiger partial charge in [0.25, 0.3) is 0 Å². The molecule has 0 saturated carbocycles. The third-order valence-electron chi connectivity index (χ3n) is 4.29. The van der Waals surface area contributed by atoms with Crippen molar-refractivity contribution in [2.45, 2.75) is 25.4 Å². The van der Waals surface area contributed by atoms with Crippen LogP contribution >= 0.6 is 0 Å². The highest BCUT2D eigenvalue weighted by Gasteiger charge is 2.14. The molecular formula is C20H20N2O2. The molecule has 2 aromatic carbocycles. The van der Waals surface area contributed by atoms with Crippen molar-refractivity contribution >= 4 is 11.0 Å². The van der Waals surface area contributed by atoms with E-state index in [0.717, 1.165) is 47.5 Å². The van der Waals surface area contributed by atoms with Crippen LogP contribution in [-0.2, 0) is 4.74 Å². The molecule has 0 radical (unpaired) electrons. The van der Waals surface area contributed by atoms with Crippen LogP contribution in [0, 0.1) is 0 Å². The minimum absolute atomic E-state index is 0.211. The number of para-hydroxylation sites is 2. The van der Waals surface area contributed by atoms with Crippen molar-refractivity contribution in [1.29, 1.82) is 0 Å². The zero-order chi connectivity index (χ0) is 16.2. The minimum Gasteiger partial charge on any atom is -0.491 e. The lowest BCUT2D eigenvalue weighted by molar-refractivity contribution is -0.0110. The van der Waals surface area contributed by atoms with Crippen LogP contribution in [0.15, 0.2) is 54.7 Å². The zero-order valence-electron chi connectivity index (χ0n) is 13.5. The summed E-state index contributed by atoms with van der Waals surface area (Å²) in [5, 5.41) is 0. The van der Waals surface area contributed by atoms with Crippen LogP contribution in [0.4, 0.5) is 0 Å². The first-order valence-corrected chi connectivity index (χ1v) is 8.45. The third kappa shape index (κ3) is 3.39. The van der Waals surface area contributed by atoms with Crippen molar-refractivity contribution in [3.8, 4) is 17.0 Å². The second-order valence-corrected chi connectivity index (χ2v) is 6.07. The van der Waals surface area contributed by atoms with Crippen LogP contribution in [0.5, 0.6) is 5.75 Å². The maximum atomic E-state index is 5.92. The Kier molecular flexibility index (Phi) is 4.38. The largest absolute Gasteiger partial charge is 0.491 e.